The number of nitrogens with zero attached hydrogens (tertiary/aromatic N) is 1. The van der Waals surface area contributed by atoms with E-state index in [0.717, 1.165) is 10.2 Å². The number of esters is 1. The first kappa shape index (κ1) is 10.4. The fraction of sp³-hybridized carbons (Fsp3) is 0.200. The first-order valence-corrected chi connectivity index (χ1v) is 5.67. The number of methoxy groups -OCH3 is 1. The normalized spacial score (nSPS) is 12.7. The highest BCUT2D eigenvalue weighted by molar-refractivity contribution is 7.81. The summed E-state index contributed by atoms with van der Waals surface area (Å²) < 4.78 is 5.67. The zero-order chi connectivity index (χ0) is 10.8. The van der Waals surface area contributed by atoms with Crippen molar-refractivity contribution in [3.8, 4) is 0 Å². The summed E-state index contributed by atoms with van der Waals surface area (Å²) in [5, 5.41) is 0.0822. The number of thiazole rings is 1. The minimum Gasteiger partial charge on any atom is -0.468 e. The van der Waals surface area contributed by atoms with E-state index in [9.17, 15) is 4.79 Å². The van der Waals surface area contributed by atoms with Gasteiger partial charge >= 0.3 is 5.97 Å². The lowest BCUT2D eigenvalue weighted by Crippen LogP contribution is -2.08. The fourth-order valence-electron chi connectivity index (χ4n) is 1.22. The van der Waals surface area contributed by atoms with Gasteiger partial charge in [-0.3, -0.25) is 4.79 Å². The number of thiol groups is 1. The van der Waals surface area contributed by atoms with E-state index in [0.29, 0.717) is 5.01 Å². The molecule has 0 aliphatic carbocycles. The lowest BCUT2D eigenvalue weighted by Gasteiger charge is -2.02. The maximum Gasteiger partial charge on any atom is 0.325 e. The molecule has 5 heteroatoms. The van der Waals surface area contributed by atoms with Crippen molar-refractivity contribution in [1.82, 2.24) is 4.98 Å². The van der Waals surface area contributed by atoms with Gasteiger partial charge in [0, 0.05) is 0 Å². The highest BCUT2D eigenvalue weighted by Crippen LogP contribution is 2.29. The first-order chi connectivity index (χ1) is 7.22. The van der Waals surface area contributed by atoms with Crippen molar-refractivity contribution >= 4 is 40.2 Å². The molecule has 0 aliphatic rings. The molecule has 0 saturated heterocycles. The van der Waals surface area contributed by atoms with Gasteiger partial charge in [0.15, 0.2) is 5.25 Å². The van der Waals surface area contributed by atoms with E-state index in [1.54, 1.807) is 0 Å². The van der Waals surface area contributed by atoms with Crippen LogP contribution < -0.4 is 0 Å². The number of ether oxygens (including phenoxy) is 1. The molecule has 0 aliphatic heterocycles. The Balaban J connectivity index is 2.40. The average Bonchev–Trinajstić information content (AvgIpc) is 2.70. The molecule has 3 nitrogen and oxygen atoms in total. The summed E-state index contributed by atoms with van der Waals surface area (Å²) in [6.07, 6.45) is 0. The third-order valence-electron chi connectivity index (χ3n) is 1.97. The van der Waals surface area contributed by atoms with Crippen LogP contribution in [0.5, 0.6) is 0 Å². The molecule has 0 N–H and O–H groups in total. The smallest absolute Gasteiger partial charge is 0.325 e. The van der Waals surface area contributed by atoms with E-state index in [1.165, 1.54) is 18.4 Å². The van der Waals surface area contributed by atoms with E-state index in [4.69, 9.17) is 0 Å². The second-order valence-electron chi connectivity index (χ2n) is 2.95. The molecule has 0 saturated carbocycles. The monoisotopic (exact) mass is 239 g/mol. The van der Waals surface area contributed by atoms with E-state index in [2.05, 4.69) is 22.3 Å². The van der Waals surface area contributed by atoms with Crippen molar-refractivity contribution in [2.45, 2.75) is 5.25 Å². The van der Waals surface area contributed by atoms with Gasteiger partial charge in [-0.2, -0.15) is 12.6 Å². The van der Waals surface area contributed by atoms with Crippen LogP contribution in [-0.2, 0) is 9.53 Å². The van der Waals surface area contributed by atoms with Gasteiger partial charge in [-0.05, 0) is 12.1 Å². The number of rotatable bonds is 2. The Bertz CT molecular complexity index is 462. The van der Waals surface area contributed by atoms with E-state index >= 15 is 0 Å². The molecule has 1 heterocycles. The van der Waals surface area contributed by atoms with Gasteiger partial charge in [0.2, 0.25) is 0 Å². The summed E-state index contributed by atoms with van der Waals surface area (Å²) in [5.74, 6) is -0.377. The molecule has 1 unspecified atom stereocenters. The van der Waals surface area contributed by atoms with Crippen LogP contribution in [0, 0.1) is 0 Å². The Morgan fingerprint density at radius 2 is 2.27 bits per heavy atom. The maximum atomic E-state index is 11.3. The molecule has 0 radical (unpaired) electrons. The van der Waals surface area contributed by atoms with Crippen molar-refractivity contribution in [3.63, 3.8) is 0 Å². The molecular weight excluding hydrogens is 230 g/mol. The third-order valence-corrected chi connectivity index (χ3v) is 3.70. The second kappa shape index (κ2) is 4.20. The molecule has 0 spiro atoms. The molecule has 0 fully saturated rings. The quantitative estimate of drug-likeness (QED) is 0.646. The molecule has 1 aromatic carbocycles. The van der Waals surface area contributed by atoms with E-state index < -0.39 is 5.25 Å². The van der Waals surface area contributed by atoms with Crippen LogP contribution in [0.3, 0.4) is 0 Å². The van der Waals surface area contributed by atoms with Crippen LogP contribution >= 0.6 is 24.0 Å². The predicted molar refractivity (Wildman–Crippen MR) is 63.4 cm³/mol. The van der Waals surface area contributed by atoms with Crippen molar-refractivity contribution in [3.05, 3.63) is 29.3 Å². The lowest BCUT2D eigenvalue weighted by atomic mass is 10.3. The molecule has 2 rings (SSSR count). The summed E-state index contributed by atoms with van der Waals surface area (Å²) in [7, 11) is 1.35. The highest BCUT2D eigenvalue weighted by atomic mass is 32.1. The summed E-state index contributed by atoms with van der Waals surface area (Å²) in [4.78, 5) is 15.6. The topological polar surface area (TPSA) is 39.2 Å². The van der Waals surface area contributed by atoms with Crippen molar-refractivity contribution in [1.29, 1.82) is 0 Å². The van der Waals surface area contributed by atoms with E-state index in [1.807, 2.05) is 24.3 Å². The third kappa shape index (κ3) is 1.98. The van der Waals surface area contributed by atoms with Gasteiger partial charge in [0.1, 0.15) is 5.01 Å². The van der Waals surface area contributed by atoms with Gasteiger partial charge in [0.05, 0.1) is 17.3 Å². The minimum absolute atomic E-state index is 0.377. The Kier molecular flexibility index (Phi) is 2.93. The number of hydrogen-bond donors (Lipinski definition) is 1. The Labute approximate surface area is 96.5 Å². The molecule has 2 aromatic rings. The van der Waals surface area contributed by atoms with Crippen LogP contribution in [0.25, 0.3) is 10.2 Å². The van der Waals surface area contributed by atoms with Crippen LogP contribution in [0.4, 0.5) is 0 Å². The van der Waals surface area contributed by atoms with Gasteiger partial charge in [-0.25, -0.2) is 4.98 Å². The van der Waals surface area contributed by atoms with Crippen molar-refractivity contribution in [2.24, 2.45) is 0 Å². The number of carbonyl (C=O) groups is 1. The molecule has 15 heavy (non-hydrogen) atoms. The molecule has 1 atom stereocenters. The summed E-state index contributed by atoms with van der Waals surface area (Å²) in [6, 6.07) is 7.73. The Morgan fingerprint density at radius 1 is 1.53 bits per heavy atom. The van der Waals surface area contributed by atoms with Crippen LogP contribution in [0.1, 0.15) is 10.3 Å². The summed E-state index contributed by atoms with van der Waals surface area (Å²) in [5.41, 5.74) is 0.889. The summed E-state index contributed by atoms with van der Waals surface area (Å²) in [6.45, 7) is 0. The Hall–Kier alpha value is -1.07. The molecule has 0 bridgehead atoms. The van der Waals surface area contributed by atoms with Gasteiger partial charge in [-0.15, -0.1) is 11.3 Å². The molecule has 0 amide bonds. The van der Waals surface area contributed by atoms with Gasteiger partial charge in [-0.1, -0.05) is 12.1 Å². The standard InChI is InChI=1S/C10H9NO2S2/c1-13-10(12)8(14)9-11-6-4-2-3-5-7(6)15-9/h2-5,8,14H,1H3. The van der Waals surface area contributed by atoms with Crippen molar-refractivity contribution in [2.75, 3.05) is 7.11 Å². The van der Waals surface area contributed by atoms with Crippen molar-refractivity contribution < 1.29 is 9.53 Å². The predicted octanol–water partition coefficient (Wildman–Crippen LogP) is 2.44. The SMILES string of the molecule is COC(=O)C(S)c1nc2ccccc2s1. The highest BCUT2D eigenvalue weighted by Gasteiger charge is 2.20. The number of carbonyl (C=O) groups excluding carboxylic acids is 1. The number of fused-ring (bicyclic) bond motifs is 1. The zero-order valence-electron chi connectivity index (χ0n) is 8.01. The zero-order valence-corrected chi connectivity index (χ0v) is 9.72. The molecular formula is C10H9NO2S2. The van der Waals surface area contributed by atoms with Crippen LogP contribution in [0.2, 0.25) is 0 Å². The minimum atomic E-state index is -0.590. The largest absolute Gasteiger partial charge is 0.468 e. The second-order valence-corrected chi connectivity index (χ2v) is 4.52. The maximum absolute atomic E-state index is 11.3. The number of benzene rings is 1. The fourth-order valence-corrected chi connectivity index (χ4v) is 2.48. The Morgan fingerprint density at radius 3 is 2.93 bits per heavy atom. The average molecular weight is 239 g/mol. The van der Waals surface area contributed by atoms with Gasteiger partial charge < -0.3 is 4.74 Å². The van der Waals surface area contributed by atoms with E-state index in [-0.39, 0.29) is 5.97 Å². The first-order valence-electron chi connectivity index (χ1n) is 4.33. The number of hydrogen-bond acceptors (Lipinski definition) is 5. The molecule has 1 aromatic heterocycles. The van der Waals surface area contributed by atoms with Crippen LogP contribution in [-0.4, -0.2) is 18.1 Å². The number of para-hydroxylation sites is 1. The number of aromatic nitrogens is 1. The van der Waals surface area contributed by atoms with Crippen LogP contribution in [0.15, 0.2) is 24.3 Å². The van der Waals surface area contributed by atoms with Gasteiger partial charge in [0.25, 0.3) is 0 Å². The lowest BCUT2D eigenvalue weighted by molar-refractivity contribution is -0.140. The molecule has 78 valence electrons. The summed E-state index contributed by atoms with van der Waals surface area (Å²) >= 11 is 5.64.